The predicted molar refractivity (Wildman–Crippen MR) is 138 cm³/mol. The van der Waals surface area contributed by atoms with E-state index in [9.17, 15) is 28.5 Å². The molecule has 218 valence electrons. The van der Waals surface area contributed by atoms with Crippen molar-refractivity contribution in [1.82, 2.24) is 20.2 Å². The fourth-order valence-corrected chi connectivity index (χ4v) is 5.08. The number of hydrogen-bond donors (Lipinski definition) is 3. The number of carbonyl (C=O) groups excluding carboxylic acids is 3. The first-order valence-corrected chi connectivity index (χ1v) is 13.8. The van der Waals surface area contributed by atoms with Gasteiger partial charge in [0.05, 0.1) is 24.7 Å². The van der Waals surface area contributed by atoms with Gasteiger partial charge in [0, 0.05) is 26.4 Å². The van der Waals surface area contributed by atoms with Crippen molar-refractivity contribution >= 4 is 25.6 Å². The van der Waals surface area contributed by atoms with Crippen molar-refractivity contribution in [2.45, 2.75) is 44.3 Å². The Hall–Kier alpha value is -3.62. The maximum atomic E-state index is 13.7. The van der Waals surface area contributed by atoms with E-state index in [0.717, 1.165) is 16.8 Å². The second kappa shape index (κ2) is 14.1. The van der Waals surface area contributed by atoms with Crippen molar-refractivity contribution in [2.24, 2.45) is 0 Å². The minimum atomic E-state index is -4.60. The van der Waals surface area contributed by atoms with E-state index in [4.69, 9.17) is 23.0 Å². The molecule has 1 saturated heterocycles. The Bertz CT molecular complexity index is 1350. The lowest BCUT2D eigenvalue weighted by Gasteiger charge is -2.27. The lowest BCUT2D eigenvalue weighted by atomic mass is 10.1. The number of esters is 1. The number of H-pyrrole nitrogens is 1. The van der Waals surface area contributed by atoms with Gasteiger partial charge in [-0.05, 0) is 18.6 Å². The Kier molecular flexibility index (Phi) is 10.9. The van der Waals surface area contributed by atoms with Crippen molar-refractivity contribution in [3.8, 4) is 0 Å². The minimum absolute atomic E-state index is 0.176. The Labute approximate surface area is 228 Å². The zero-order chi connectivity index (χ0) is 29.3. The molecular formula is C24H31N4O11P. The van der Waals surface area contributed by atoms with Gasteiger partial charge in [-0.15, -0.1) is 0 Å². The maximum Gasteiger partial charge on any atom is 0.475 e. The lowest BCUT2D eigenvalue weighted by molar-refractivity contribution is -0.124. The monoisotopic (exact) mass is 582 g/mol. The number of nitrogens with one attached hydrogen (secondary N) is 3. The number of nitrogens with zero attached hydrogens (tertiary/aromatic N) is 1. The van der Waals surface area contributed by atoms with Gasteiger partial charge < -0.3 is 20.1 Å². The van der Waals surface area contributed by atoms with Crippen molar-refractivity contribution in [2.75, 3.05) is 27.3 Å². The minimum Gasteiger partial charge on any atom is -0.451 e. The highest BCUT2D eigenvalue weighted by Crippen LogP contribution is 2.53. The standard InChI is InChI=1S/C24H31N4O11P/c1-4-16-20(39-40(34,36-14-19(31)26-3)35-13-11-17(29)25-2)21(38-23(32)15-8-6-5-7-9-15)22(37-16)28-12-10-18(30)27-24(28)33/h5-10,12,16,20-22H,4,11,13-14H2,1-3H3,(H,25,29)(H,26,31)(H,27,30,33)/t16-,20+,21?,22-,40?/m1/s1. The van der Waals surface area contributed by atoms with Crippen molar-refractivity contribution < 1.29 is 42.0 Å². The molecule has 15 nitrogen and oxygen atoms in total. The van der Waals surface area contributed by atoms with Crippen molar-refractivity contribution in [3.05, 3.63) is 69.0 Å². The highest BCUT2D eigenvalue weighted by atomic mass is 31.2. The Morgan fingerprint density at radius 1 is 1.02 bits per heavy atom. The second-order valence-corrected chi connectivity index (χ2v) is 10.1. The van der Waals surface area contributed by atoms with Crippen LogP contribution in [0.15, 0.2) is 52.2 Å². The number of likely N-dealkylation sites (N-methyl/N-ethyl adjacent to an activating group) is 1. The molecule has 0 spiro atoms. The molecule has 0 saturated carbocycles. The normalized spacial score (nSPS) is 21.8. The molecule has 0 bridgehead atoms. The van der Waals surface area contributed by atoms with E-state index in [1.807, 2.05) is 0 Å². The van der Waals surface area contributed by atoms with E-state index < -0.39 is 74.6 Å². The summed E-state index contributed by atoms with van der Waals surface area (Å²) in [5.41, 5.74) is -1.34. The summed E-state index contributed by atoms with van der Waals surface area (Å²) in [5.74, 6) is -1.86. The van der Waals surface area contributed by atoms with Gasteiger partial charge in [0.2, 0.25) is 11.8 Å². The summed E-state index contributed by atoms with van der Waals surface area (Å²) in [6, 6.07) is 9.03. The van der Waals surface area contributed by atoms with Crippen LogP contribution in [0.25, 0.3) is 0 Å². The number of phosphoric ester groups is 1. The fourth-order valence-electron chi connectivity index (χ4n) is 3.74. The van der Waals surface area contributed by atoms with Crippen LogP contribution in [0.1, 0.15) is 36.4 Å². The molecule has 2 amide bonds. The maximum absolute atomic E-state index is 13.7. The molecule has 2 unspecified atom stereocenters. The molecule has 0 aliphatic carbocycles. The van der Waals surface area contributed by atoms with Crippen LogP contribution >= 0.6 is 7.82 Å². The van der Waals surface area contributed by atoms with Crippen LogP contribution in [0.5, 0.6) is 0 Å². The van der Waals surface area contributed by atoms with E-state index in [2.05, 4.69) is 15.6 Å². The summed E-state index contributed by atoms with van der Waals surface area (Å²) in [5, 5.41) is 4.69. The van der Waals surface area contributed by atoms with Crippen LogP contribution in [-0.4, -0.2) is 73.0 Å². The summed E-state index contributed by atoms with van der Waals surface area (Å²) in [7, 11) is -1.85. The average molecular weight is 583 g/mol. The predicted octanol–water partition coefficient (Wildman–Crippen LogP) is 0.478. The van der Waals surface area contributed by atoms with Crippen LogP contribution in [0, 0.1) is 0 Å². The van der Waals surface area contributed by atoms with Gasteiger partial charge in [-0.1, -0.05) is 25.1 Å². The number of benzene rings is 1. The fraction of sp³-hybridized carbons (Fsp3) is 0.458. The molecule has 1 aromatic heterocycles. The summed E-state index contributed by atoms with van der Waals surface area (Å²) in [6.07, 6.45) is -3.79. The number of aromatic amines is 1. The zero-order valence-corrected chi connectivity index (χ0v) is 23.0. The molecule has 1 fully saturated rings. The van der Waals surface area contributed by atoms with Crippen LogP contribution in [0.3, 0.4) is 0 Å². The highest BCUT2D eigenvalue weighted by molar-refractivity contribution is 7.48. The number of aromatic nitrogens is 2. The molecule has 5 atom stereocenters. The van der Waals surface area contributed by atoms with Gasteiger partial charge in [-0.25, -0.2) is 14.2 Å². The number of ether oxygens (including phenoxy) is 2. The summed E-state index contributed by atoms with van der Waals surface area (Å²) in [6.45, 7) is 0.597. The van der Waals surface area contributed by atoms with E-state index in [-0.39, 0.29) is 18.4 Å². The number of phosphoric acid groups is 1. The van der Waals surface area contributed by atoms with Gasteiger partial charge in [-0.2, -0.15) is 0 Å². The highest BCUT2D eigenvalue weighted by Gasteiger charge is 2.52. The van der Waals surface area contributed by atoms with Gasteiger partial charge in [0.15, 0.2) is 12.3 Å². The van der Waals surface area contributed by atoms with Gasteiger partial charge in [-0.3, -0.25) is 37.5 Å². The van der Waals surface area contributed by atoms with E-state index in [0.29, 0.717) is 0 Å². The third kappa shape index (κ3) is 7.96. The first-order valence-electron chi connectivity index (χ1n) is 12.3. The molecule has 1 aliphatic rings. The van der Waals surface area contributed by atoms with E-state index in [1.54, 1.807) is 25.1 Å². The van der Waals surface area contributed by atoms with Gasteiger partial charge in [0.1, 0.15) is 12.7 Å². The number of carbonyl (C=O) groups is 3. The molecule has 2 aromatic rings. The average Bonchev–Trinajstić information content (AvgIpc) is 3.27. The molecule has 2 heterocycles. The quantitative estimate of drug-likeness (QED) is 0.220. The van der Waals surface area contributed by atoms with Crippen LogP contribution in [-0.2, 0) is 37.2 Å². The number of rotatable bonds is 13. The molecule has 3 N–H and O–H groups in total. The topological polar surface area (TPSA) is 193 Å². The third-order valence-corrected chi connectivity index (χ3v) is 7.25. The first-order chi connectivity index (χ1) is 19.1. The molecule has 1 aromatic carbocycles. The summed E-state index contributed by atoms with van der Waals surface area (Å²) < 4.78 is 42.8. The Morgan fingerprint density at radius 2 is 1.73 bits per heavy atom. The van der Waals surface area contributed by atoms with Crippen LogP contribution < -0.4 is 21.9 Å². The van der Waals surface area contributed by atoms with Gasteiger partial charge >= 0.3 is 19.5 Å². The molecule has 1 aliphatic heterocycles. The molecule has 40 heavy (non-hydrogen) atoms. The van der Waals surface area contributed by atoms with E-state index in [1.165, 1.54) is 26.2 Å². The summed E-state index contributed by atoms with van der Waals surface area (Å²) >= 11 is 0. The lowest BCUT2D eigenvalue weighted by Crippen LogP contribution is -2.41. The molecule has 16 heteroatoms. The van der Waals surface area contributed by atoms with Crippen molar-refractivity contribution in [1.29, 1.82) is 0 Å². The summed E-state index contributed by atoms with van der Waals surface area (Å²) in [4.78, 5) is 62.9. The SMILES string of the molecule is CC[C@H]1O[C@@H](n2ccc(=O)[nH]c2=O)C(OC(=O)c2ccccc2)[C@H]1OP(=O)(OCCC(=O)NC)OCC(=O)NC. The molecule has 3 rings (SSSR count). The molecular weight excluding hydrogens is 551 g/mol. The Morgan fingerprint density at radius 3 is 2.35 bits per heavy atom. The zero-order valence-electron chi connectivity index (χ0n) is 22.1. The van der Waals surface area contributed by atoms with Crippen LogP contribution in [0.4, 0.5) is 0 Å². The van der Waals surface area contributed by atoms with E-state index >= 15 is 0 Å². The first kappa shape index (κ1) is 30.9. The Balaban J connectivity index is 1.98. The van der Waals surface area contributed by atoms with Crippen molar-refractivity contribution in [3.63, 3.8) is 0 Å². The van der Waals surface area contributed by atoms with Crippen LogP contribution in [0.2, 0.25) is 0 Å². The number of hydrogen-bond acceptors (Lipinski definition) is 11. The molecule has 0 radical (unpaired) electrons. The number of amides is 2. The largest absolute Gasteiger partial charge is 0.475 e. The van der Waals surface area contributed by atoms with Gasteiger partial charge in [0.25, 0.3) is 5.56 Å². The smallest absolute Gasteiger partial charge is 0.451 e. The third-order valence-electron chi connectivity index (χ3n) is 5.81. The second-order valence-electron chi connectivity index (χ2n) is 8.45.